The molecule has 0 radical (unpaired) electrons. The molecule has 0 spiro atoms. The molecule has 5 nitrogen and oxygen atoms in total. The lowest BCUT2D eigenvalue weighted by atomic mass is 10.1. The minimum Gasteiger partial charge on any atom is -0.356 e. The standard InChI is InChI=1S/C17H25N3O2/c1-3-7-13-8-5-6-9-15(13)19-17(22)20-11-10-14(12-20)16(21)18-4-2/h5-6,8-9,14H,3-4,7,10-12H2,1-2H3,(H,18,21)(H,19,22)/t14-/m1/s1. The Balaban J connectivity index is 1.95. The van der Waals surface area contributed by atoms with E-state index in [1.165, 1.54) is 0 Å². The summed E-state index contributed by atoms with van der Waals surface area (Å²) in [7, 11) is 0. The van der Waals surface area contributed by atoms with Gasteiger partial charge in [0.05, 0.1) is 5.92 Å². The van der Waals surface area contributed by atoms with Crippen LogP contribution in [0, 0.1) is 5.92 Å². The first-order chi connectivity index (χ1) is 10.7. The minimum atomic E-state index is -0.115. The topological polar surface area (TPSA) is 61.4 Å². The van der Waals surface area contributed by atoms with Crippen LogP contribution >= 0.6 is 0 Å². The van der Waals surface area contributed by atoms with Gasteiger partial charge in [0.2, 0.25) is 5.91 Å². The van der Waals surface area contributed by atoms with Crippen molar-refractivity contribution in [1.82, 2.24) is 10.2 Å². The molecule has 1 atom stereocenters. The van der Waals surface area contributed by atoms with E-state index >= 15 is 0 Å². The van der Waals surface area contributed by atoms with Gasteiger partial charge in [-0.05, 0) is 31.4 Å². The number of hydrogen-bond acceptors (Lipinski definition) is 2. The van der Waals surface area contributed by atoms with Gasteiger partial charge >= 0.3 is 6.03 Å². The third-order valence-electron chi connectivity index (χ3n) is 3.98. The summed E-state index contributed by atoms with van der Waals surface area (Å²) in [4.78, 5) is 25.9. The average Bonchev–Trinajstić information content (AvgIpc) is 3.00. The average molecular weight is 303 g/mol. The molecule has 0 unspecified atom stereocenters. The molecular weight excluding hydrogens is 278 g/mol. The maximum absolute atomic E-state index is 12.4. The van der Waals surface area contributed by atoms with Crippen molar-refractivity contribution in [3.05, 3.63) is 29.8 Å². The molecule has 1 aliphatic heterocycles. The van der Waals surface area contributed by atoms with E-state index in [4.69, 9.17) is 0 Å². The van der Waals surface area contributed by atoms with E-state index in [1.807, 2.05) is 31.2 Å². The van der Waals surface area contributed by atoms with Crippen molar-refractivity contribution in [2.24, 2.45) is 5.92 Å². The molecule has 5 heteroatoms. The fraction of sp³-hybridized carbons (Fsp3) is 0.529. The Morgan fingerprint density at radius 2 is 2.05 bits per heavy atom. The Morgan fingerprint density at radius 1 is 1.27 bits per heavy atom. The van der Waals surface area contributed by atoms with Gasteiger partial charge in [0.25, 0.3) is 0 Å². The molecule has 0 saturated carbocycles. The second-order valence-corrected chi connectivity index (χ2v) is 5.66. The molecule has 2 N–H and O–H groups in total. The molecule has 0 aromatic heterocycles. The number of hydrogen-bond donors (Lipinski definition) is 2. The first kappa shape index (κ1) is 16.3. The molecule has 1 aliphatic rings. The lowest BCUT2D eigenvalue weighted by Crippen LogP contribution is -2.36. The largest absolute Gasteiger partial charge is 0.356 e. The van der Waals surface area contributed by atoms with Crippen molar-refractivity contribution >= 4 is 17.6 Å². The summed E-state index contributed by atoms with van der Waals surface area (Å²) < 4.78 is 0. The molecule has 22 heavy (non-hydrogen) atoms. The highest BCUT2D eigenvalue weighted by Gasteiger charge is 2.30. The lowest BCUT2D eigenvalue weighted by molar-refractivity contribution is -0.124. The summed E-state index contributed by atoms with van der Waals surface area (Å²) in [5, 5.41) is 5.81. The number of rotatable bonds is 5. The van der Waals surface area contributed by atoms with E-state index < -0.39 is 0 Å². The fourth-order valence-electron chi connectivity index (χ4n) is 2.80. The number of likely N-dealkylation sites (tertiary alicyclic amines) is 1. The van der Waals surface area contributed by atoms with Gasteiger partial charge in [-0.2, -0.15) is 0 Å². The van der Waals surface area contributed by atoms with Gasteiger partial charge in [-0.25, -0.2) is 4.79 Å². The van der Waals surface area contributed by atoms with Gasteiger partial charge in [-0.1, -0.05) is 31.5 Å². The van der Waals surface area contributed by atoms with Crippen molar-refractivity contribution in [1.29, 1.82) is 0 Å². The predicted octanol–water partition coefficient (Wildman–Crippen LogP) is 2.63. The number of nitrogens with one attached hydrogen (secondary N) is 2. The van der Waals surface area contributed by atoms with Gasteiger partial charge in [0.1, 0.15) is 0 Å². The van der Waals surface area contributed by atoms with Gasteiger partial charge in [0.15, 0.2) is 0 Å². The fourth-order valence-corrected chi connectivity index (χ4v) is 2.80. The summed E-state index contributed by atoms with van der Waals surface area (Å²) in [6.45, 7) is 5.78. The molecule has 0 bridgehead atoms. The smallest absolute Gasteiger partial charge is 0.321 e. The number of carbonyl (C=O) groups excluding carboxylic acids is 2. The van der Waals surface area contributed by atoms with Crippen LogP contribution in [0.4, 0.5) is 10.5 Å². The molecule has 1 aromatic carbocycles. The summed E-state index contributed by atoms with van der Waals surface area (Å²) in [6.07, 6.45) is 2.71. The molecule has 1 fully saturated rings. The van der Waals surface area contributed by atoms with E-state index in [0.717, 1.165) is 30.5 Å². The summed E-state index contributed by atoms with van der Waals surface area (Å²) in [5.41, 5.74) is 2.02. The predicted molar refractivity (Wildman–Crippen MR) is 87.8 cm³/mol. The Kier molecular flexibility index (Phi) is 5.81. The Hall–Kier alpha value is -2.04. The highest BCUT2D eigenvalue weighted by Crippen LogP contribution is 2.20. The van der Waals surface area contributed by atoms with Crippen molar-refractivity contribution in [3.63, 3.8) is 0 Å². The lowest BCUT2D eigenvalue weighted by Gasteiger charge is -2.18. The number of aryl methyl sites for hydroxylation is 1. The van der Waals surface area contributed by atoms with Gasteiger partial charge < -0.3 is 15.5 Å². The number of nitrogens with zero attached hydrogens (tertiary/aromatic N) is 1. The Morgan fingerprint density at radius 3 is 2.77 bits per heavy atom. The summed E-state index contributed by atoms with van der Waals surface area (Å²) >= 11 is 0. The molecule has 1 saturated heterocycles. The van der Waals surface area contributed by atoms with Crippen molar-refractivity contribution in [2.75, 3.05) is 25.0 Å². The van der Waals surface area contributed by atoms with Crippen LogP contribution in [-0.4, -0.2) is 36.5 Å². The third kappa shape index (κ3) is 4.00. The van der Waals surface area contributed by atoms with Crippen LogP contribution in [0.2, 0.25) is 0 Å². The van der Waals surface area contributed by atoms with E-state index in [2.05, 4.69) is 17.6 Å². The van der Waals surface area contributed by atoms with E-state index in [0.29, 0.717) is 19.6 Å². The van der Waals surface area contributed by atoms with E-state index in [1.54, 1.807) is 4.90 Å². The van der Waals surface area contributed by atoms with Gasteiger partial charge in [-0.3, -0.25) is 4.79 Å². The Labute approximate surface area is 132 Å². The zero-order valence-corrected chi connectivity index (χ0v) is 13.4. The van der Waals surface area contributed by atoms with Crippen LogP contribution < -0.4 is 10.6 Å². The van der Waals surface area contributed by atoms with Crippen LogP contribution in [-0.2, 0) is 11.2 Å². The van der Waals surface area contributed by atoms with Crippen LogP contribution in [0.25, 0.3) is 0 Å². The highest BCUT2D eigenvalue weighted by atomic mass is 16.2. The number of urea groups is 1. The van der Waals surface area contributed by atoms with Crippen LogP contribution in [0.1, 0.15) is 32.3 Å². The van der Waals surface area contributed by atoms with Crippen LogP contribution in [0.5, 0.6) is 0 Å². The second kappa shape index (κ2) is 7.82. The maximum Gasteiger partial charge on any atom is 0.321 e. The number of para-hydroxylation sites is 1. The van der Waals surface area contributed by atoms with Crippen molar-refractivity contribution in [3.8, 4) is 0 Å². The quantitative estimate of drug-likeness (QED) is 0.878. The molecule has 2 rings (SSSR count). The third-order valence-corrected chi connectivity index (χ3v) is 3.98. The summed E-state index contributed by atoms with van der Waals surface area (Å²) in [6, 6.07) is 7.77. The second-order valence-electron chi connectivity index (χ2n) is 5.66. The SMILES string of the molecule is CCCc1ccccc1NC(=O)N1CC[C@@H](C(=O)NCC)C1. The maximum atomic E-state index is 12.4. The molecule has 3 amide bonds. The molecule has 1 heterocycles. The zero-order valence-electron chi connectivity index (χ0n) is 13.4. The normalized spacial score (nSPS) is 17.4. The summed E-state index contributed by atoms with van der Waals surface area (Å²) in [5.74, 6) is -0.0410. The zero-order chi connectivity index (χ0) is 15.9. The van der Waals surface area contributed by atoms with E-state index in [9.17, 15) is 9.59 Å². The van der Waals surface area contributed by atoms with Crippen LogP contribution in [0.15, 0.2) is 24.3 Å². The Bertz CT molecular complexity index is 530. The molecule has 0 aliphatic carbocycles. The van der Waals surface area contributed by atoms with Crippen LogP contribution in [0.3, 0.4) is 0 Å². The monoisotopic (exact) mass is 303 g/mol. The number of benzene rings is 1. The highest BCUT2D eigenvalue weighted by molar-refractivity contribution is 5.91. The first-order valence-electron chi connectivity index (χ1n) is 8.07. The van der Waals surface area contributed by atoms with Crippen molar-refractivity contribution < 1.29 is 9.59 Å². The van der Waals surface area contributed by atoms with Crippen molar-refractivity contribution in [2.45, 2.75) is 33.1 Å². The molecular formula is C17H25N3O2. The molecule has 1 aromatic rings. The molecule has 120 valence electrons. The van der Waals surface area contributed by atoms with Gasteiger partial charge in [0, 0.05) is 25.3 Å². The number of carbonyl (C=O) groups is 2. The number of anilines is 1. The van der Waals surface area contributed by atoms with E-state index in [-0.39, 0.29) is 17.9 Å². The van der Waals surface area contributed by atoms with Gasteiger partial charge in [-0.15, -0.1) is 0 Å². The number of amides is 3. The first-order valence-corrected chi connectivity index (χ1v) is 8.07. The minimum absolute atomic E-state index is 0.0455.